The summed E-state index contributed by atoms with van der Waals surface area (Å²) < 4.78 is 15.1. The Bertz CT molecular complexity index is 850. The van der Waals surface area contributed by atoms with Crippen LogP contribution in [0.3, 0.4) is 0 Å². The Morgan fingerprint density at radius 3 is 2.39 bits per heavy atom. The molecule has 0 bridgehead atoms. The van der Waals surface area contributed by atoms with E-state index in [1.165, 1.54) is 12.1 Å². The van der Waals surface area contributed by atoms with Crippen molar-refractivity contribution < 1.29 is 28.6 Å². The number of ether oxygens (including phenoxy) is 3. The van der Waals surface area contributed by atoms with Gasteiger partial charge in [0.2, 0.25) is 0 Å². The van der Waals surface area contributed by atoms with E-state index in [1.54, 1.807) is 31.2 Å². The molecule has 1 amide bonds. The third-order valence-corrected chi connectivity index (χ3v) is 3.79. The second-order valence-electron chi connectivity index (χ2n) is 5.73. The molecule has 2 aromatic rings. The Labute approximate surface area is 167 Å². The molecule has 0 fully saturated rings. The molecular formula is C20H20ClNO6. The van der Waals surface area contributed by atoms with Crippen molar-refractivity contribution in [3.05, 3.63) is 58.6 Å². The average molecular weight is 406 g/mol. The van der Waals surface area contributed by atoms with E-state index in [2.05, 4.69) is 5.32 Å². The topological polar surface area (TPSA) is 90.9 Å². The Morgan fingerprint density at radius 1 is 1.00 bits per heavy atom. The van der Waals surface area contributed by atoms with Crippen molar-refractivity contribution in [3.8, 4) is 5.75 Å². The van der Waals surface area contributed by atoms with Gasteiger partial charge in [0.05, 0.1) is 17.2 Å². The Morgan fingerprint density at radius 2 is 1.71 bits per heavy atom. The second-order valence-corrected chi connectivity index (χ2v) is 6.14. The minimum atomic E-state index is -0.703. The largest absolute Gasteiger partial charge is 0.480 e. The molecule has 2 aromatic carbocycles. The van der Waals surface area contributed by atoms with E-state index in [9.17, 15) is 14.4 Å². The SMILES string of the molecule is CCOC(=O)c1ccc(NC(=O)COC(=O)COc2cc(C)ccc2Cl)cc1. The van der Waals surface area contributed by atoms with Crippen LogP contribution in [0.15, 0.2) is 42.5 Å². The molecule has 0 spiro atoms. The number of amides is 1. The summed E-state index contributed by atoms with van der Waals surface area (Å²) in [5.41, 5.74) is 1.76. The highest BCUT2D eigenvalue weighted by Gasteiger charge is 2.11. The standard InChI is InChI=1S/C20H20ClNO6/c1-3-26-20(25)14-5-7-15(8-6-14)22-18(23)11-28-19(24)12-27-17-10-13(2)4-9-16(17)21/h4-10H,3,11-12H2,1-2H3,(H,22,23). The first-order valence-corrected chi connectivity index (χ1v) is 8.88. The lowest BCUT2D eigenvalue weighted by Gasteiger charge is -2.09. The molecule has 8 heteroatoms. The molecule has 2 rings (SSSR count). The molecule has 0 saturated heterocycles. The Balaban J connectivity index is 1.76. The van der Waals surface area contributed by atoms with E-state index in [-0.39, 0.29) is 13.2 Å². The molecule has 0 aliphatic heterocycles. The second kappa shape index (κ2) is 10.3. The lowest BCUT2D eigenvalue weighted by molar-refractivity contribution is -0.149. The van der Waals surface area contributed by atoms with Crippen LogP contribution in [0.25, 0.3) is 0 Å². The smallest absolute Gasteiger partial charge is 0.344 e. The van der Waals surface area contributed by atoms with Gasteiger partial charge >= 0.3 is 11.9 Å². The summed E-state index contributed by atoms with van der Waals surface area (Å²) in [6, 6.07) is 11.3. The van der Waals surface area contributed by atoms with Crippen LogP contribution in [-0.4, -0.2) is 37.7 Å². The monoisotopic (exact) mass is 405 g/mol. The van der Waals surface area contributed by atoms with Crippen molar-refractivity contribution in [2.24, 2.45) is 0 Å². The van der Waals surface area contributed by atoms with Crippen LogP contribution in [0, 0.1) is 6.92 Å². The van der Waals surface area contributed by atoms with Gasteiger partial charge in [-0.15, -0.1) is 0 Å². The van der Waals surface area contributed by atoms with E-state index in [4.69, 9.17) is 25.8 Å². The van der Waals surface area contributed by atoms with Gasteiger partial charge in [0, 0.05) is 5.69 Å². The first-order chi connectivity index (χ1) is 13.4. The Hall–Kier alpha value is -3.06. The van der Waals surface area contributed by atoms with Crippen LogP contribution >= 0.6 is 11.6 Å². The van der Waals surface area contributed by atoms with Gasteiger partial charge in [-0.2, -0.15) is 0 Å². The van der Waals surface area contributed by atoms with Crippen molar-refractivity contribution >= 4 is 35.1 Å². The summed E-state index contributed by atoms with van der Waals surface area (Å²) in [5.74, 6) is -1.30. The van der Waals surface area contributed by atoms with Crippen LogP contribution in [0.4, 0.5) is 5.69 Å². The quantitative estimate of drug-likeness (QED) is 0.677. The summed E-state index contributed by atoms with van der Waals surface area (Å²) in [6.45, 7) is 3.02. The molecule has 28 heavy (non-hydrogen) atoms. The van der Waals surface area contributed by atoms with Gasteiger partial charge in [-0.1, -0.05) is 17.7 Å². The molecule has 0 unspecified atom stereocenters. The highest BCUT2D eigenvalue weighted by Crippen LogP contribution is 2.25. The van der Waals surface area contributed by atoms with Crippen LogP contribution in [0.2, 0.25) is 5.02 Å². The van der Waals surface area contributed by atoms with Crippen molar-refractivity contribution in [1.29, 1.82) is 0 Å². The van der Waals surface area contributed by atoms with Crippen molar-refractivity contribution in [2.75, 3.05) is 25.1 Å². The third kappa shape index (κ3) is 6.59. The van der Waals surface area contributed by atoms with Gasteiger partial charge in [0.25, 0.3) is 5.91 Å². The summed E-state index contributed by atoms with van der Waals surface area (Å²) in [5, 5.41) is 2.93. The van der Waals surface area contributed by atoms with E-state index in [0.29, 0.717) is 22.0 Å². The van der Waals surface area contributed by atoms with Gasteiger partial charge in [-0.05, 0) is 55.8 Å². The molecule has 0 atom stereocenters. The van der Waals surface area contributed by atoms with Gasteiger partial charge in [0.1, 0.15) is 5.75 Å². The summed E-state index contributed by atoms with van der Waals surface area (Å²) in [7, 11) is 0. The number of benzene rings is 2. The van der Waals surface area contributed by atoms with Crippen LogP contribution in [-0.2, 0) is 19.1 Å². The number of hydrogen-bond acceptors (Lipinski definition) is 6. The summed E-state index contributed by atoms with van der Waals surface area (Å²) in [4.78, 5) is 35.2. The maximum Gasteiger partial charge on any atom is 0.344 e. The van der Waals surface area contributed by atoms with Crippen molar-refractivity contribution in [1.82, 2.24) is 0 Å². The molecular weight excluding hydrogens is 386 g/mol. The minimum absolute atomic E-state index is 0.280. The fourth-order valence-electron chi connectivity index (χ4n) is 2.15. The fraction of sp³-hybridized carbons (Fsp3) is 0.250. The average Bonchev–Trinajstić information content (AvgIpc) is 2.68. The summed E-state index contributed by atoms with van der Waals surface area (Å²) >= 11 is 5.98. The van der Waals surface area contributed by atoms with E-state index < -0.39 is 24.5 Å². The zero-order valence-electron chi connectivity index (χ0n) is 15.5. The van der Waals surface area contributed by atoms with Crippen LogP contribution in [0.5, 0.6) is 5.75 Å². The molecule has 148 valence electrons. The number of nitrogens with one attached hydrogen (secondary N) is 1. The molecule has 7 nitrogen and oxygen atoms in total. The van der Waals surface area contributed by atoms with Gasteiger partial charge < -0.3 is 19.5 Å². The number of carbonyl (C=O) groups excluding carboxylic acids is 3. The van der Waals surface area contributed by atoms with E-state index >= 15 is 0 Å². The number of esters is 2. The van der Waals surface area contributed by atoms with Crippen LogP contribution < -0.4 is 10.1 Å². The molecule has 0 heterocycles. The number of aryl methyl sites for hydroxylation is 1. The maximum atomic E-state index is 11.9. The maximum absolute atomic E-state index is 11.9. The number of halogens is 1. The highest BCUT2D eigenvalue weighted by molar-refractivity contribution is 6.32. The predicted octanol–water partition coefficient (Wildman–Crippen LogP) is 3.39. The van der Waals surface area contributed by atoms with Gasteiger partial charge in [-0.25, -0.2) is 9.59 Å². The van der Waals surface area contributed by atoms with Gasteiger partial charge in [-0.3, -0.25) is 4.79 Å². The fourth-order valence-corrected chi connectivity index (χ4v) is 2.32. The first kappa shape index (κ1) is 21.2. The van der Waals surface area contributed by atoms with E-state index in [0.717, 1.165) is 5.56 Å². The lowest BCUT2D eigenvalue weighted by atomic mass is 10.2. The molecule has 0 aliphatic rings. The first-order valence-electron chi connectivity index (χ1n) is 8.50. The summed E-state index contributed by atoms with van der Waals surface area (Å²) in [6.07, 6.45) is 0. The number of anilines is 1. The zero-order chi connectivity index (χ0) is 20.5. The minimum Gasteiger partial charge on any atom is -0.480 e. The molecule has 0 aromatic heterocycles. The van der Waals surface area contributed by atoms with Crippen LogP contribution in [0.1, 0.15) is 22.8 Å². The Kier molecular flexibility index (Phi) is 7.83. The lowest BCUT2D eigenvalue weighted by Crippen LogP contribution is -2.23. The molecule has 1 N–H and O–H groups in total. The zero-order valence-corrected chi connectivity index (χ0v) is 16.2. The number of hydrogen-bond donors (Lipinski definition) is 1. The van der Waals surface area contributed by atoms with E-state index in [1.807, 2.05) is 13.0 Å². The molecule has 0 saturated carbocycles. The third-order valence-electron chi connectivity index (χ3n) is 3.48. The molecule has 0 radical (unpaired) electrons. The van der Waals surface area contributed by atoms with Gasteiger partial charge in [0.15, 0.2) is 13.2 Å². The normalized spacial score (nSPS) is 10.1. The highest BCUT2D eigenvalue weighted by atomic mass is 35.5. The van der Waals surface area contributed by atoms with Crippen molar-refractivity contribution in [2.45, 2.75) is 13.8 Å². The molecule has 0 aliphatic carbocycles. The van der Waals surface area contributed by atoms with Crippen molar-refractivity contribution in [3.63, 3.8) is 0 Å². The number of rotatable bonds is 8. The predicted molar refractivity (Wildman–Crippen MR) is 104 cm³/mol. The number of carbonyl (C=O) groups is 3.